The quantitative estimate of drug-likeness (QED) is 0.190. The molecule has 0 bridgehead atoms. The van der Waals surface area contributed by atoms with Crippen LogP contribution in [0.15, 0.2) is 17.8 Å². The zero-order valence-electron chi connectivity index (χ0n) is 6.35. The molecule has 0 atom stereocenters. The zero-order chi connectivity index (χ0) is 7.82. The minimum absolute atomic E-state index is 0.433. The normalized spacial score (nSPS) is 9.60. The molecular formula is C8H11NO. The van der Waals surface area contributed by atoms with Crippen LogP contribution in [-0.4, -0.2) is 12.3 Å². The van der Waals surface area contributed by atoms with Crippen LogP contribution in [0.1, 0.15) is 13.8 Å². The summed E-state index contributed by atoms with van der Waals surface area (Å²) in [5.74, 6) is 5.45. The molecule has 0 N–H and O–H groups in total. The standard InChI is InChI=1S/C8H11NO/c1-4-6-8(3)9-10-7-5-2/h5H,2,7H2,1,3H3. The van der Waals surface area contributed by atoms with E-state index in [1.807, 2.05) is 0 Å². The van der Waals surface area contributed by atoms with Crippen LogP contribution in [0.4, 0.5) is 0 Å². The third kappa shape index (κ3) is 4.92. The van der Waals surface area contributed by atoms with Gasteiger partial charge in [-0.05, 0) is 19.8 Å². The smallest absolute Gasteiger partial charge is 0.135 e. The van der Waals surface area contributed by atoms with E-state index in [1.165, 1.54) is 0 Å². The summed E-state index contributed by atoms with van der Waals surface area (Å²) >= 11 is 0. The molecule has 2 nitrogen and oxygen atoms in total. The number of oxime groups is 1. The second-order valence-electron chi connectivity index (χ2n) is 1.64. The van der Waals surface area contributed by atoms with E-state index in [0.29, 0.717) is 12.3 Å². The summed E-state index contributed by atoms with van der Waals surface area (Å²) in [6.07, 6.45) is 1.64. The number of hydrogen-bond acceptors (Lipinski definition) is 2. The van der Waals surface area contributed by atoms with Crippen LogP contribution >= 0.6 is 0 Å². The lowest BCUT2D eigenvalue weighted by Crippen LogP contribution is -1.88. The van der Waals surface area contributed by atoms with E-state index in [0.717, 1.165) is 0 Å². The maximum absolute atomic E-state index is 4.76. The van der Waals surface area contributed by atoms with Crippen LogP contribution in [0.25, 0.3) is 0 Å². The summed E-state index contributed by atoms with van der Waals surface area (Å²) in [5.41, 5.74) is 0.685. The van der Waals surface area contributed by atoms with Crippen molar-refractivity contribution in [1.82, 2.24) is 0 Å². The number of nitrogens with zero attached hydrogens (tertiary/aromatic N) is 1. The summed E-state index contributed by atoms with van der Waals surface area (Å²) < 4.78 is 0. The molecule has 0 aromatic carbocycles. The molecule has 0 aliphatic heterocycles. The summed E-state index contributed by atoms with van der Waals surface area (Å²) in [6, 6.07) is 0. The van der Waals surface area contributed by atoms with E-state index >= 15 is 0 Å². The minimum atomic E-state index is 0.433. The molecule has 0 aliphatic carbocycles. The van der Waals surface area contributed by atoms with Crippen molar-refractivity contribution in [2.75, 3.05) is 6.61 Å². The first-order valence-electron chi connectivity index (χ1n) is 3.01. The molecule has 0 aromatic heterocycles. The Morgan fingerprint density at radius 1 is 1.80 bits per heavy atom. The highest BCUT2D eigenvalue weighted by Gasteiger charge is 1.80. The van der Waals surface area contributed by atoms with Crippen LogP contribution in [0.2, 0.25) is 0 Å². The Morgan fingerprint density at radius 2 is 2.50 bits per heavy atom. The van der Waals surface area contributed by atoms with Gasteiger partial charge in [-0.3, -0.25) is 0 Å². The summed E-state index contributed by atoms with van der Waals surface area (Å²) in [5, 5.41) is 3.68. The van der Waals surface area contributed by atoms with E-state index in [1.54, 1.807) is 19.9 Å². The maximum atomic E-state index is 4.76. The Balaban J connectivity index is 3.64. The first kappa shape index (κ1) is 8.77. The lowest BCUT2D eigenvalue weighted by atomic mass is 10.4. The molecule has 0 saturated carbocycles. The molecule has 0 saturated heterocycles. The highest BCUT2D eigenvalue weighted by molar-refractivity contribution is 5.97. The number of rotatable bonds is 3. The highest BCUT2D eigenvalue weighted by Crippen LogP contribution is 1.79. The third-order valence-corrected chi connectivity index (χ3v) is 0.700. The molecule has 0 heterocycles. The first-order chi connectivity index (χ1) is 4.81. The van der Waals surface area contributed by atoms with Gasteiger partial charge in [0.05, 0.1) is 0 Å². The molecule has 0 rings (SSSR count). The molecule has 0 unspecified atom stereocenters. The van der Waals surface area contributed by atoms with Crippen molar-refractivity contribution in [3.05, 3.63) is 12.7 Å². The van der Waals surface area contributed by atoms with E-state index in [-0.39, 0.29) is 0 Å². The van der Waals surface area contributed by atoms with Crippen molar-refractivity contribution in [2.24, 2.45) is 5.16 Å². The van der Waals surface area contributed by atoms with Crippen LogP contribution in [0, 0.1) is 11.8 Å². The van der Waals surface area contributed by atoms with Crippen molar-refractivity contribution >= 4 is 5.71 Å². The fraction of sp³-hybridized carbons (Fsp3) is 0.375. The van der Waals surface area contributed by atoms with Crippen molar-refractivity contribution in [2.45, 2.75) is 13.8 Å². The Kier molecular flexibility index (Phi) is 5.17. The largest absolute Gasteiger partial charge is 0.391 e. The lowest BCUT2D eigenvalue weighted by molar-refractivity contribution is 0.175. The Bertz CT molecular complexity index is 183. The van der Waals surface area contributed by atoms with Crippen molar-refractivity contribution in [3.8, 4) is 11.8 Å². The summed E-state index contributed by atoms with van der Waals surface area (Å²) in [6.45, 7) is 7.45. The molecule has 10 heavy (non-hydrogen) atoms. The van der Waals surface area contributed by atoms with E-state index in [4.69, 9.17) is 4.84 Å². The highest BCUT2D eigenvalue weighted by atomic mass is 16.6. The predicted octanol–water partition coefficient (Wildman–Crippen LogP) is 1.59. The van der Waals surface area contributed by atoms with Gasteiger partial charge in [-0.1, -0.05) is 23.7 Å². The summed E-state index contributed by atoms with van der Waals surface area (Å²) in [7, 11) is 0. The van der Waals surface area contributed by atoms with Crippen LogP contribution < -0.4 is 0 Å². The lowest BCUT2D eigenvalue weighted by Gasteiger charge is -1.90. The molecule has 0 fully saturated rings. The van der Waals surface area contributed by atoms with Gasteiger partial charge in [-0.25, -0.2) is 0 Å². The van der Waals surface area contributed by atoms with Gasteiger partial charge in [-0.2, -0.15) is 0 Å². The zero-order valence-corrected chi connectivity index (χ0v) is 6.35. The van der Waals surface area contributed by atoms with Gasteiger partial charge in [0.2, 0.25) is 0 Å². The van der Waals surface area contributed by atoms with E-state index < -0.39 is 0 Å². The molecule has 0 aromatic rings. The Labute approximate surface area is 61.6 Å². The number of hydrogen-bond donors (Lipinski definition) is 0. The van der Waals surface area contributed by atoms with Gasteiger partial charge in [0, 0.05) is 0 Å². The topological polar surface area (TPSA) is 21.6 Å². The van der Waals surface area contributed by atoms with Gasteiger partial charge in [-0.15, -0.1) is 0 Å². The van der Waals surface area contributed by atoms with Gasteiger partial charge >= 0.3 is 0 Å². The molecule has 54 valence electrons. The maximum Gasteiger partial charge on any atom is 0.135 e. The SMILES string of the molecule is C=CCON=C(C)C#CC. The predicted molar refractivity (Wildman–Crippen MR) is 42.7 cm³/mol. The van der Waals surface area contributed by atoms with Gasteiger partial charge < -0.3 is 4.84 Å². The average Bonchev–Trinajstić information content (AvgIpc) is 1.89. The first-order valence-corrected chi connectivity index (χ1v) is 3.01. The van der Waals surface area contributed by atoms with Crippen molar-refractivity contribution < 1.29 is 4.84 Å². The van der Waals surface area contributed by atoms with E-state index in [2.05, 4.69) is 23.6 Å². The van der Waals surface area contributed by atoms with Crippen LogP contribution in [0.5, 0.6) is 0 Å². The minimum Gasteiger partial charge on any atom is -0.391 e. The van der Waals surface area contributed by atoms with E-state index in [9.17, 15) is 0 Å². The third-order valence-electron chi connectivity index (χ3n) is 0.700. The summed E-state index contributed by atoms with van der Waals surface area (Å²) in [4.78, 5) is 4.76. The van der Waals surface area contributed by atoms with Crippen LogP contribution in [0.3, 0.4) is 0 Å². The average molecular weight is 137 g/mol. The van der Waals surface area contributed by atoms with Gasteiger partial charge in [0.1, 0.15) is 12.3 Å². The van der Waals surface area contributed by atoms with Gasteiger partial charge in [0.25, 0.3) is 0 Å². The van der Waals surface area contributed by atoms with Crippen molar-refractivity contribution in [3.63, 3.8) is 0 Å². The molecular weight excluding hydrogens is 126 g/mol. The van der Waals surface area contributed by atoms with Crippen molar-refractivity contribution in [1.29, 1.82) is 0 Å². The van der Waals surface area contributed by atoms with Gasteiger partial charge in [0.15, 0.2) is 0 Å². The molecule has 2 heteroatoms. The fourth-order valence-electron chi connectivity index (χ4n) is 0.391. The molecule has 0 spiro atoms. The molecule has 0 aliphatic rings. The second-order valence-corrected chi connectivity index (χ2v) is 1.64. The Morgan fingerprint density at radius 3 is 3.00 bits per heavy atom. The monoisotopic (exact) mass is 137 g/mol. The van der Waals surface area contributed by atoms with Crippen LogP contribution in [-0.2, 0) is 4.84 Å². The Hall–Kier alpha value is -1.23. The molecule has 0 amide bonds. The molecule has 0 radical (unpaired) electrons. The second kappa shape index (κ2) is 5.90. The fourth-order valence-corrected chi connectivity index (χ4v) is 0.391.